The topological polar surface area (TPSA) is 67.3 Å². The van der Waals surface area contributed by atoms with E-state index in [1.807, 2.05) is 0 Å². The van der Waals surface area contributed by atoms with Crippen LogP contribution in [0.15, 0.2) is 6.04 Å². The van der Waals surface area contributed by atoms with E-state index in [2.05, 4.69) is 9.97 Å². The third-order valence-corrected chi connectivity index (χ3v) is 2.17. The van der Waals surface area contributed by atoms with E-state index in [1.165, 1.54) is 0 Å². The molecule has 134 valence electrons. The van der Waals surface area contributed by atoms with Gasteiger partial charge in [-0.25, -0.2) is 14.8 Å². The molecular formula is C18H30N4O2. The zero-order chi connectivity index (χ0) is 39.4. The Bertz CT molecular complexity index is 1420. The van der Waals surface area contributed by atoms with Gasteiger partial charge in [0, 0.05) is 51.8 Å². The number of aryl methyl sites for hydroxylation is 2. The monoisotopic (exact) mass is 359 g/mol. The van der Waals surface area contributed by atoms with Gasteiger partial charge in [-0.15, -0.1) is 0 Å². The molecule has 0 spiro atoms. The number of ether oxygens (including phenoxy) is 1. The first kappa shape index (κ1) is 4.27. The predicted octanol–water partition coefficient (Wildman–Crippen LogP) is 3.54. The van der Waals surface area contributed by atoms with Crippen LogP contribution < -0.4 is 5.31 Å². The zero-order valence-electron chi connectivity index (χ0n) is 37.3. The zero-order valence-corrected chi connectivity index (χ0v) is 12.3. The maximum atomic E-state index is 13.8. The fourth-order valence-corrected chi connectivity index (χ4v) is 1.37. The molecule has 1 aromatic heterocycles. The van der Waals surface area contributed by atoms with Gasteiger partial charge in [0.05, 0.1) is 11.5 Å². The summed E-state index contributed by atoms with van der Waals surface area (Å²) in [5, 5.41) is -0.853. The number of carbonyl (C=O) groups is 1. The molecular weight excluding hydrogens is 304 g/mol. The van der Waals surface area contributed by atoms with Gasteiger partial charge in [-0.1, -0.05) is 6.85 Å². The lowest BCUT2D eigenvalue weighted by atomic mass is 9.94. The first-order valence-corrected chi connectivity index (χ1v) is 6.23. The van der Waals surface area contributed by atoms with E-state index in [1.54, 1.807) is 0 Å². The molecule has 1 saturated heterocycles. The van der Waals surface area contributed by atoms with Gasteiger partial charge in [0.25, 0.3) is 0 Å². The predicted molar refractivity (Wildman–Crippen MR) is 95.1 cm³/mol. The van der Waals surface area contributed by atoms with E-state index < -0.39 is 117 Å². The van der Waals surface area contributed by atoms with Crippen LogP contribution in [0.5, 0.6) is 0 Å². The molecule has 1 unspecified atom stereocenters. The molecule has 6 nitrogen and oxygen atoms in total. The van der Waals surface area contributed by atoms with Crippen molar-refractivity contribution in [1.82, 2.24) is 14.9 Å². The number of piperidine rings is 1. The normalized spacial score (nSPS) is 53.9. The van der Waals surface area contributed by atoms with Crippen molar-refractivity contribution in [3.05, 3.63) is 17.4 Å². The van der Waals surface area contributed by atoms with Crippen LogP contribution in [0, 0.1) is 19.6 Å². The highest BCUT2D eigenvalue weighted by atomic mass is 16.6. The Kier molecular flexibility index (Phi) is 1.31. The number of amides is 1. The van der Waals surface area contributed by atoms with Gasteiger partial charge < -0.3 is 14.9 Å². The van der Waals surface area contributed by atoms with E-state index in [0.717, 1.165) is 0 Å². The van der Waals surface area contributed by atoms with E-state index in [0.29, 0.717) is 6.92 Å². The second kappa shape index (κ2) is 7.36. The highest BCUT2D eigenvalue weighted by Gasteiger charge is 2.32. The van der Waals surface area contributed by atoms with Crippen LogP contribution in [0.25, 0.3) is 0 Å². The second-order valence-electron chi connectivity index (χ2n) is 4.59. The highest BCUT2D eigenvalue weighted by Crippen LogP contribution is 2.24. The van der Waals surface area contributed by atoms with E-state index >= 15 is 0 Å². The third-order valence-electron chi connectivity index (χ3n) is 2.17. The maximum Gasteiger partial charge on any atom is 0.410 e. The fourth-order valence-electron chi connectivity index (χ4n) is 1.37. The summed E-state index contributed by atoms with van der Waals surface area (Å²) >= 11 is 0. The quantitative estimate of drug-likeness (QED) is 0.894. The Morgan fingerprint density at radius 1 is 1.67 bits per heavy atom. The molecule has 6 heteroatoms. The Balaban J connectivity index is 3.19. The molecule has 0 radical (unpaired) electrons. The number of rotatable bonds is 3. The summed E-state index contributed by atoms with van der Waals surface area (Å²) in [5.74, 6) is -6.18. The smallest absolute Gasteiger partial charge is 0.410 e. The molecule has 0 aromatic carbocycles. The Morgan fingerprint density at radius 3 is 3.08 bits per heavy atom. The van der Waals surface area contributed by atoms with Gasteiger partial charge in [0.15, 0.2) is 1.41 Å². The first-order valence-electron chi connectivity index (χ1n) is 18.9. The molecule has 0 saturated carbocycles. The molecule has 3 atom stereocenters. The molecule has 0 aliphatic carbocycles. The first-order chi connectivity index (χ1) is 21.2. The molecule has 2 rings (SSSR count). The van der Waals surface area contributed by atoms with Crippen LogP contribution in [0.3, 0.4) is 0 Å². The summed E-state index contributed by atoms with van der Waals surface area (Å²) < 4.78 is 207. The van der Waals surface area contributed by atoms with Gasteiger partial charge >= 0.3 is 6.09 Å². The molecule has 1 aliphatic rings. The third kappa shape index (κ3) is 5.35. The number of anilines is 1. The van der Waals surface area contributed by atoms with E-state index in [4.69, 9.17) is 39.0 Å². The Labute approximate surface area is 180 Å². The number of hydrogen-bond donors (Lipinski definition) is 1. The van der Waals surface area contributed by atoms with Crippen molar-refractivity contribution in [3.63, 3.8) is 0 Å². The molecule has 2 heterocycles. The van der Waals surface area contributed by atoms with Crippen LogP contribution in [0.4, 0.5) is 10.7 Å². The molecule has 1 aliphatic heterocycles. The summed E-state index contributed by atoms with van der Waals surface area (Å²) in [5.41, 5.74) is -5.82. The van der Waals surface area contributed by atoms with Crippen LogP contribution >= 0.6 is 0 Å². The average molecular weight is 360 g/mol. The summed E-state index contributed by atoms with van der Waals surface area (Å²) in [6, 6.07) is -6.08. The average Bonchev–Trinajstić information content (AvgIpc) is 2.88. The number of hydrogen-bond acceptors (Lipinski definition) is 5. The van der Waals surface area contributed by atoms with Crippen molar-refractivity contribution in [1.29, 1.82) is 0 Å². The van der Waals surface area contributed by atoms with Crippen molar-refractivity contribution in [3.8, 4) is 0 Å². The largest absolute Gasteiger partial charge is 0.444 e. The van der Waals surface area contributed by atoms with Gasteiger partial charge in [-0.3, -0.25) is 0 Å². The minimum Gasteiger partial charge on any atom is -0.444 e. The maximum absolute atomic E-state index is 13.8. The summed E-state index contributed by atoms with van der Waals surface area (Å²) in [4.78, 5) is 19.3. The van der Waals surface area contributed by atoms with Crippen molar-refractivity contribution in [2.24, 2.45) is 5.89 Å². The number of nitrogens with zero attached hydrogens (tertiary/aromatic N) is 3. The molecule has 1 fully saturated rings. The van der Waals surface area contributed by atoms with Crippen molar-refractivity contribution in [2.45, 2.75) is 65.6 Å². The number of nitrogens with one attached hydrogen (secondary N) is 1. The Hall–Kier alpha value is -1.85. The second-order valence-corrected chi connectivity index (χ2v) is 4.59. The molecule has 0 bridgehead atoms. The van der Waals surface area contributed by atoms with Crippen LogP contribution in [0.2, 0.25) is 1.41 Å². The summed E-state index contributed by atoms with van der Waals surface area (Å²) in [6.45, 7) is -24.6. The van der Waals surface area contributed by atoms with Crippen molar-refractivity contribution >= 4 is 12.0 Å². The van der Waals surface area contributed by atoms with Gasteiger partial charge in [-0.2, -0.15) is 0 Å². The van der Waals surface area contributed by atoms with Crippen LogP contribution in [0.1, 0.15) is 84.6 Å². The lowest BCUT2D eigenvalue weighted by molar-refractivity contribution is 0.00576. The Morgan fingerprint density at radius 2 is 2.46 bits per heavy atom. The lowest BCUT2D eigenvalue weighted by Crippen LogP contribution is -2.51. The highest BCUT2D eigenvalue weighted by molar-refractivity contribution is 5.68. The number of carbonyl (C=O) groups excluding carboxylic acids is 1. The SMILES string of the molecule is [2H]CC(C)(OC(=O)N1C([2H])([2H])[C@@]([2H])(C([2H])([2H])[2H])C([2H])([2H])C([2H])([2H])[C@@]1([2H])C([2H])([2H])N([2H])c1nc(C([2H])([2H])[2H])c([2H])c(C([2H])([2H])[2H])n1)C([2H])([2H])[2H]. The van der Waals surface area contributed by atoms with Crippen molar-refractivity contribution in [2.75, 3.05) is 18.3 Å². The van der Waals surface area contributed by atoms with Gasteiger partial charge in [0.2, 0.25) is 5.95 Å². The van der Waals surface area contributed by atoms with Crippen molar-refractivity contribution < 1.29 is 43.8 Å². The van der Waals surface area contributed by atoms with Crippen LogP contribution in [-0.2, 0) is 4.74 Å². The molecule has 1 amide bonds. The molecule has 1 N–H and O–H groups in total. The lowest BCUT2D eigenvalue weighted by Gasteiger charge is -2.39. The van der Waals surface area contributed by atoms with Gasteiger partial charge in [-0.05, 0) is 59.1 Å². The molecule has 1 aromatic rings. The fraction of sp³-hybridized carbons (Fsp3) is 0.722. The minimum absolute atomic E-state index is 0.579. The number of aromatic nitrogens is 2. The summed E-state index contributed by atoms with van der Waals surface area (Å²) in [7, 11) is 0. The van der Waals surface area contributed by atoms with E-state index in [9.17, 15) is 4.79 Å². The standard InChI is InChI=1S/C18H30N4O2/c1-12-7-8-15(22(11-12)17(23)24-18(4,5)6)10-19-16-20-13(2)9-14(3)21-16/h9,12,15H,7-8,10-11H2,1-6H3,(H,19,20,21)/t12-,15-/m0/s1/i1D3,2D3,3D3,4D,5D3,7D2,8D2,9D,10D2,11D2,12D,15D/hD/t12-,15-,18?. The van der Waals surface area contributed by atoms with E-state index in [-0.39, 0.29) is 0 Å². The summed E-state index contributed by atoms with van der Waals surface area (Å²) in [6.07, 6.45) is -11.9. The van der Waals surface area contributed by atoms with Crippen LogP contribution in [-0.4, -0.2) is 45.6 Å². The number of likely N-dealkylation sites (tertiary alicyclic amines) is 1. The minimum atomic E-state index is -4.75. The molecule has 24 heavy (non-hydrogen) atoms. The van der Waals surface area contributed by atoms with Gasteiger partial charge in [0.1, 0.15) is 5.60 Å².